The smallest absolute Gasteiger partial charge is 0.342 e. The summed E-state index contributed by atoms with van der Waals surface area (Å²) >= 11 is 0. The molecule has 0 fully saturated rings. The van der Waals surface area contributed by atoms with E-state index in [4.69, 9.17) is 9.90 Å². The average molecular weight is 236 g/mol. The minimum Gasteiger partial charge on any atom is -0.481 e. The molecule has 1 aromatic rings. The van der Waals surface area contributed by atoms with Crippen molar-refractivity contribution in [3.8, 4) is 0 Å². The normalized spacial score (nSPS) is 8.59. The molecular formula is C13H16O4. The van der Waals surface area contributed by atoms with E-state index in [2.05, 4.69) is 18.2 Å². The van der Waals surface area contributed by atoms with E-state index in [1.807, 2.05) is 12.1 Å². The van der Waals surface area contributed by atoms with Crippen molar-refractivity contribution >= 4 is 11.9 Å². The summed E-state index contributed by atoms with van der Waals surface area (Å²) in [5.74, 6) is -1.20. The number of carboxylic acid groups (broad SMARTS) is 1. The monoisotopic (exact) mass is 236 g/mol. The van der Waals surface area contributed by atoms with Gasteiger partial charge in [0, 0.05) is 6.92 Å². The molecule has 0 unspecified atom stereocenters. The van der Waals surface area contributed by atoms with E-state index >= 15 is 0 Å². The Bertz CT molecular complexity index is 375. The third-order valence-electron chi connectivity index (χ3n) is 1.79. The Kier molecular flexibility index (Phi) is 7.10. The number of hydrogen-bond donors (Lipinski definition) is 1. The van der Waals surface area contributed by atoms with E-state index in [0.29, 0.717) is 5.56 Å². The van der Waals surface area contributed by atoms with Gasteiger partial charge in [-0.15, -0.1) is 0 Å². The van der Waals surface area contributed by atoms with E-state index in [1.165, 1.54) is 5.56 Å². The van der Waals surface area contributed by atoms with Gasteiger partial charge in [0.1, 0.15) is 0 Å². The van der Waals surface area contributed by atoms with Crippen LogP contribution in [0.4, 0.5) is 0 Å². The van der Waals surface area contributed by atoms with E-state index in [9.17, 15) is 4.79 Å². The number of carbonyl (C=O) groups excluding carboxylic acids is 1. The molecule has 0 aromatic heterocycles. The van der Waals surface area contributed by atoms with Crippen molar-refractivity contribution in [2.75, 3.05) is 0 Å². The highest BCUT2D eigenvalue weighted by atomic mass is 16.5. The maximum absolute atomic E-state index is 11.2. The highest BCUT2D eigenvalue weighted by Gasteiger charge is 2.03. The molecule has 0 atom stereocenters. The summed E-state index contributed by atoms with van der Waals surface area (Å²) in [5.41, 5.74) is 1.76. The van der Waals surface area contributed by atoms with Crippen molar-refractivity contribution in [3.63, 3.8) is 0 Å². The summed E-state index contributed by atoms with van der Waals surface area (Å²) in [6, 6.07) is 7.34. The third-order valence-corrected chi connectivity index (χ3v) is 1.79. The Morgan fingerprint density at radius 1 is 1.35 bits per heavy atom. The number of benzene rings is 1. The predicted molar refractivity (Wildman–Crippen MR) is 64.7 cm³/mol. The van der Waals surface area contributed by atoms with Gasteiger partial charge in [-0.2, -0.15) is 0 Å². The van der Waals surface area contributed by atoms with Crippen LogP contribution in [0.25, 0.3) is 0 Å². The Labute approximate surface area is 101 Å². The molecule has 0 aliphatic carbocycles. The fraction of sp³-hybridized carbons (Fsp3) is 0.231. The molecule has 1 aromatic carbocycles. The first-order valence-electron chi connectivity index (χ1n) is 5.11. The lowest BCUT2D eigenvalue weighted by atomic mass is 10.1. The Morgan fingerprint density at radius 3 is 2.18 bits per heavy atom. The maximum Gasteiger partial charge on any atom is 0.342 e. The first-order valence-corrected chi connectivity index (χ1v) is 5.11. The molecule has 0 saturated heterocycles. The van der Waals surface area contributed by atoms with Crippen molar-refractivity contribution < 1.29 is 19.4 Å². The number of rotatable bonds is 3. The zero-order valence-corrected chi connectivity index (χ0v) is 9.97. The largest absolute Gasteiger partial charge is 0.481 e. The average Bonchev–Trinajstić information content (AvgIpc) is 2.29. The Balaban J connectivity index is 0.000000557. The second kappa shape index (κ2) is 8.10. The third kappa shape index (κ3) is 6.89. The molecule has 0 heterocycles. The van der Waals surface area contributed by atoms with Gasteiger partial charge in [-0.25, -0.2) is 4.79 Å². The molecule has 0 amide bonds. The number of ether oxygens (including phenoxy) is 1. The fourth-order valence-electron chi connectivity index (χ4n) is 1.02. The molecule has 4 nitrogen and oxygen atoms in total. The summed E-state index contributed by atoms with van der Waals surface area (Å²) in [5, 5.41) is 7.42. The highest BCUT2D eigenvalue weighted by molar-refractivity contribution is 5.89. The summed E-state index contributed by atoms with van der Waals surface area (Å²) in [6.45, 7) is 6.47. The molecule has 1 rings (SSSR count). The summed E-state index contributed by atoms with van der Waals surface area (Å²) in [4.78, 5) is 20.2. The van der Waals surface area contributed by atoms with Crippen LogP contribution in [0.1, 0.15) is 29.8 Å². The SMILES string of the molecule is C=COC(=O)c1ccc(CC)cc1.CC(=O)O. The lowest BCUT2D eigenvalue weighted by Gasteiger charge is -1.99. The van der Waals surface area contributed by atoms with Crippen molar-refractivity contribution in [1.82, 2.24) is 0 Å². The van der Waals surface area contributed by atoms with Gasteiger partial charge in [0.15, 0.2) is 0 Å². The molecule has 17 heavy (non-hydrogen) atoms. The lowest BCUT2D eigenvalue weighted by molar-refractivity contribution is -0.134. The van der Waals surface area contributed by atoms with Crippen molar-refractivity contribution in [3.05, 3.63) is 48.2 Å². The van der Waals surface area contributed by atoms with Gasteiger partial charge < -0.3 is 9.84 Å². The molecule has 0 saturated carbocycles. The van der Waals surface area contributed by atoms with Crippen molar-refractivity contribution in [2.45, 2.75) is 20.3 Å². The quantitative estimate of drug-likeness (QED) is 0.647. The number of carbonyl (C=O) groups is 2. The predicted octanol–water partition coefficient (Wildman–Crippen LogP) is 2.64. The second-order valence-electron chi connectivity index (χ2n) is 3.14. The van der Waals surface area contributed by atoms with Crippen LogP contribution in [0, 0.1) is 0 Å². The van der Waals surface area contributed by atoms with Gasteiger partial charge in [-0.1, -0.05) is 25.6 Å². The number of carboxylic acids is 1. The van der Waals surface area contributed by atoms with Crippen LogP contribution in [0.3, 0.4) is 0 Å². The molecule has 4 heteroatoms. The zero-order chi connectivity index (χ0) is 13.3. The minimum atomic E-state index is -0.833. The summed E-state index contributed by atoms with van der Waals surface area (Å²) < 4.78 is 4.63. The van der Waals surface area contributed by atoms with Crippen LogP contribution >= 0.6 is 0 Å². The molecule has 0 spiro atoms. The molecule has 0 aliphatic heterocycles. The topological polar surface area (TPSA) is 63.6 Å². The van der Waals surface area contributed by atoms with Gasteiger partial charge in [0.2, 0.25) is 0 Å². The van der Waals surface area contributed by atoms with Crippen molar-refractivity contribution in [1.29, 1.82) is 0 Å². The number of aliphatic carboxylic acids is 1. The molecule has 0 aliphatic rings. The van der Waals surface area contributed by atoms with Crippen LogP contribution in [0.15, 0.2) is 37.1 Å². The minimum absolute atomic E-state index is 0.363. The van der Waals surface area contributed by atoms with Gasteiger partial charge in [-0.3, -0.25) is 4.79 Å². The first kappa shape index (κ1) is 14.9. The molecule has 92 valence electrons. The zero-order valence-electron chi connectivity index (χ0n) is 9.97. The fourth-order valence-corrected chi connectivity index (χ4v) is 1.02. The van der Waals surface area contributed by atoms with E-state index in [0.717, 1.165) is 19.6 Å². The first-order chi connectivity index (χ1) is 8.01. The molecule has 1 N–H and O–H groups in total. The van der Waals surface area contributed by atoms with E-state index in [-0.39, 0.29) is 5.97 Å². The molecule has 0 bridgehead atoms. The number of aryl methyl sites for hydroxylation is 1. The van der Waals surface area contributed by atoms with Gasteiger partial charge in [-0.05, 0) is 24.1 Å². The Hall–Kier alpha value is -2.10. The maximum atomic E-state index is 11.2. The molecular weight excluding hydrogens is 220 g/mol. The van der Waals surface area contributed by atoms with Gasteiger partial charge >= 0.3 is 5.97 Å². The van der Waals surface area contributed by atoms with E-state index < -0.39 is 5.97 Å². The van der Waals surface area contributed by atoms with Gasteiger partial charge in [0.05, 0.1) is 11.8 Å². The lowest BCUT2D eigenvalue weighted by Crippen LogP contribution is -1.99. The highest BCUT2D eigenvalue weighted by Crippen LogP contribution is 2.06. The summed E-state index contributed by atoms with van der Waals surface area (Å²) in [7, 11) is 0. The summed E-state index contributed by atoms with van der Waals surface area (Å²) in [6.07, 6.45) is 2.10. The van der Waals surface area contributed by atoms with Gasteiger partial charge in [0.25, 0.3) is 5.97 Å². The van der Waals surface area contributed by atoms with Crippen LogP contribution < -0.4 is 0 Å². The molecule has 0 radical (unpaired) electrons. The van der Waals surface area contributed by atoms with Crippen molar-refractivity contribution in [2.24, 2.45) is 0 Å². The van der Waals surface area contributed by atoms with E-state index in [1.54, 1.807) is 12.1 Å². The van der Waals surface area contributed by atoms with Crippen LogP contribution in [0.5, 0.6) is 0 Å². The number of esters is 1. The second-order valence-corrected chi connectivity index (χ2v) is 3.14. The van der Waals surface area contributed by atoms with Crippen LogP contribution in [-0.2, 0) is 16.0 Å². The van der Waals surface area contributed by atoms with Crippen LogP contribution in [0.2, 0.25) is 0 Å². The van der Waals surface area contributed by atoms with Crippen LogP contribution in [-0.4, -0.2) is 17.0 Å². The Morgan fingerprint density at radius 2 is 1.82 bits per heavy atom. The number of hydrogen-bond acceptors (Lipinski definition) is 3. The standard InChI is InChI=1S/C11H12O2.C2H4O2/c1-3-9-5-7-10(8-6-9)11(12)13-4-2;1-2(3)4/h4-8H,2-3H2,1H3;1H3,(H,3,4).